The molecular weight excluding hydrogens is 236 g/mol. The van der Waals surface area contributed by atoms with E-state index in [1.165, 1.54) is 6.07 Å². The van der Waals surface area contributed by atoms with E-state index < -0.39 is 4.92 Å². The van der Waals surface area contributed by atoms with Crippen LogP contribution in [0.15, 0.2) is 6.07 Å². The number of aromatic nitrogens is 2. The number of amides is 1. The molecule has 7 heteroatoms. The maximum Gasteiger partial charge on any atom is 0.345 e. The van der Waals surface area contributed by atoms with Crippen molar-refractivity contribution in [2.75, 3.05) is 0 Å². The summed E-state index contributed by atoms with van der Waals surface area (Å²) in [5.74, 6) is -0.359. The molecule has 2 rings (SSSR count). The fourth-order valence-electron chi connectivity index (χ4n) is 2.27. The minimum Gasteiger partial charge on any atom is -0.358 e. The topological polar surface area (TPSA) is 90.1 Å². The second-order valence-electron chi connectivity index (χ2n) is 4.61. The van der Waals surface area contributed by atoms with Crippen molar-refractivity contribution in [1.82, 2.24) is 15.1 Å². The first-order valence-corrected chi connectivity index (χ1v) is 6.04. The van der Waals surface area contributed by atoms with Gasteiger partial charge in [-0.1, -0.05) is 17.9 Å². The van der Waals surface area contributed by atoms with Crippen LogP contribution in [0.25, 0.3) is 0 Å². The Morgan fingerprint density at radius 1 is 1.61 bits per heavy atom. The van der Waals surface area contributed by atoms with Gasteiger partial charge in [-0.15, -0.1) is 4.68 Å². The van der Waals surface area contributed by atoms with E-state index in [4.69, 9.17) is 0 Å². The van der Waals surface area contributed by atoms with E-state index in [0.717, 1.165) is 30.4 Å². The lowest BCUT2D eigenvalue weighted by atomic mass is 10.2. The van der Waals surface area contributed by atoms with Gasteiger partial charge in [-0.3, -0.25) is 4.79 Å². The average Bonchev–Trinajstić information content (AvgIpc) is 2.88. The SMILES string of the molecule is Cc1cc([N+](=O)[O-])n(CC(=O)NC2CCCC2)n1. The summed E-state index contributed by atoms with van der Waals surface area (Å²) < 4.78 is 1.14. The normalized spacial score (nSPS) is 15.8. The van der Waals surface area contributed by atoms with Crippen molar-refractivity contribution in [2.45, 2.75) is 45.2 Å². The highest BCUT2D eigenvalue weighted by atomic mass is 16.6. The molecule has 98 valence electrons. The van der Waals surface area contributed by atoms with Gasteiger partial charge in [0.15, 0.2) is 6.54 Å². The van der Waals surface area contributed by atoms with Crippen molar-refractivity contribution >= 4 is 11.7 Å². The van der Waals surface area contributed by atoms with Crippen LogP contribution in [0.5, 0.6) is 0 Å². The van der Waals surface area contributed by atoms with Crippen LogP contribution in [-0.4, -0.2) is 26.7 Å². The van der Waals surface area contributed by atoms with Crippen LogP contribution in [-0.2, 0) is 11.3 Å². The third kappa shape index (κ3) is 2.85. The van der Waals surface area contributed by atoms with Crippen LogP contribution in [0.2, 0.25) is 0 Å². The number of nitro groups is 1. The molecule has 1 fully saturated rings. The quantitative estimate of drug-likeness (QED) is 0.643. The molecule has 0 atom stereocenters. The molecule has 0 aromatic carbocycles. The highest BCUT2D eigenvalue weighted by Crippen LogP contribution is 2.18. The minimum atomic E-state index is -0.525. The predicted molar refractivity (Wildman–Crippen MR) is 64.0 cm³/mol. The summed E-state index contributed by atoms with van der Waals surface area (Å²) in [6.45, 7) is 1.57. The summed E-state index contributed by atoms with van der Waals surface area (Å²) in [5, 5.41) is 17.6. The van der Waals surface area contributed by atoms with Gasteiger partial charge < -0.3 is 15.4 Å². The third-order valence-corrected chi connectivity index (χ3v) is 3.08. The minimum absolute atomic E-state index is 0.0966. The van der Waals surface area contributed by atoms with E-state index in [9.17, 15) is 14.9 Å². The fraction of sp³-hybridized carbons (Fsp3) is 0.636. The number of carbonyl (C=O) groups is 1. The molecule has 18 heavy (non-hydrogen) atoms. The molecule has 1 aromatic heterocycles. The lowest BCUT2D eigenvalue weighted by molar-refractivity contribution is -0.392. The average molecular weight is 252 g/mol. The van der Waals surface area contributed by atoms with Gasteiger partial charge >= 0.3 is 5.82 Å². The van der Waals surface area contributed by atoms with Crippen LogP contribution in [0.3, 0.4) is 0 Å². The van der Waals surface area contributed by atoms with Crippen LogP contribution in [0, 0.1) is 17.0 Å². The molecule has 1 aliphatic carbocycles. The summed E-state index contributed by atoms with van der Waals surface area (Å²) in [6, 6.07) is 1.58. The summed E-state index contributed by atoms with van der Waals surface area (Å²) in [4.78, 5) is 22.0. The molecule has 1 N–H and O–H groups in total. The van der Waals surface area contributed by atoms with E-state index in [1.807, 2.05) is 0 Å². The first-order chi connectivity index (χ1) is 8.56. The van der Waals surface area contributed by atoms with Crippen LogP contribution >= 0.6 is 0 Å². The second-order valence-corrected chi connectivity index (χ2v) is 4.61. The van der Waals surface area contributed by atoms with Crippen molar-refractivity contribution in [3.63, 3.8) is 0 Å². The molecule has 1 aliphatic rings. The lowest BCUT2D eigenvalue weighted by Gasteiger charge is -2.10. The van der Waals surface area contributed by atoms with Crippen molar-refractivity contribution in [3.05, 3.63) is 21.9 Å². The molecule has 7 nitrogen and oxygen atoms in total. The Morgan fingerprint density at radius 3 is 2.89 bits per heavy atom. The Hall–Kier alpha value is -1.92. The molecule has 1 heterocycles. The van der Waals surface area contributed by atoms with Crippen molar-refractivity contribution < 1.29 is 9.72 Å². The van der Waals surface area contributed by atoms with Gasteiger partial charge in [0.25, 0.3) is 5.91 Å². The molecule has 0 radical (unpaired) electrons. The molecule has 1 amide bonds. The highest BCUT2D eigenvalue weighted by Gasteiger charge is 2.22. The van der Waals surface area contributed by atoms with Gasteiger partial charge in [0.2, 0.25) is 0 Å². The van der Waals surface area contributed by atoms with Crippen molar-refractivity contribution in [2.24, 2.45) is 0 Å². The molecule has 0 spiro atoms. The number of hydrogen-bond donors (Lipinski definition) is 1. The number of nitrogens with zero attached hydrogens (tertiary/aromatic N) is 3. The first-order valence-electron chi connectivity index (χ1n) is 6.04. The number of nitrogens with one attached hydrogen (secondary N) is 1. The highest BCUT2D eigenvalue weighted by molar-refractivity contribution is 5.76. The number of hydrogen-bond acceptors (Lipinski definition) is 4. The zero-order valence-electron chi connectivity index (χ0n) is 10.3. The Kier molecular flexibility index (Phi) is 3.59. The zero-order valence-corrected chi connectivity index (χ0v) is 10.3. The van der Waals surface area contributed by atoms with Crippen LogP contribution < -0.4 is 5.32 Å². The third-order valence-electron chi connectivity index (χ3n) is 3.08. The summed E-state index contributed by atoms with van der Waals surface area (Å²) in [7, 11) is 0. The van der Waals surface area contributed by atoms with Gasteiger partial charge in [-0.25, -0.2) is 0 Å². The standard InChI is InChI=1S/C11H16N4O3/c1-8-6-11(15(17)18)14(13-8)7-10(16)12-9-4-2-3-5-9/h6,9H,2-5,7H2,1H3,(H,12,16). The van der Waals surface area contributed by atoms with Gasteiger partial charge in [0.1, 0.15) is 0 Å². The number of rotatable bonds is 4. The molecule has 1 aromatic rings. The largest absolute Gasteiger partial charge is 0.358 e. The van der Waals surface area contributed by atoms with Gasteiger partial charge in [0, 0.05) is 6.04 Å². The predicted octanol–water partition coefficient (Wildman–Crippen LogP) is 1.16. The van der Waals surface area contributed by atoms with Gasteiger partial charge in [-0.2, -0.15) is 0 Å². The van der Waals surface area contributed by atoms with E-state index >= 15 is 0 Å². The Morgan fingerprint density at radius 2 is 2.28 bits per heavy atom. The maximum absolute atomic E-state index is 11.8. The van der Waals surface area contributed by atoms with E-state index in [1.54, 1.807) is 6.92 Å². The summed E-state index contributed by atoms with van der Waals surface area (Å²) >= 11 is 0. The Labute approximate surface area is 104 Å². The maximum atomic E-state index is 11.8. The monoisotopic (exact) mass is 252 g/mol. The van der Waals surface area contributed by atoms with Gasteiger partial charge in [0.05, 0.1) is 11.8 Å². The molecule has 0 unspecified atom stereocenters. The van der Waals surface area contributed by atoms with Crippen molar-refractivity contribution in [3.8, 4) is 0 Å². The van der Waals surface area contributed by atoms with Crippen molar-refractivity contribution in [1.29, 1.82) is 0 Å². The van der Waals surface area contributed by atoms with E-state index in [0.29, 0.717) is 5.69 Å². The summed E-state index contributed by atoms with van der Waals surface area (Å²) in [6.07, 6.45) is 4.25. The van der Waals surface area contributed by atoms with Crippen LogP contribution in [0.1, 0.15) is 31.4 Å². The lowest BCUT2D eigenvalue weighted by Crippen LogP contribution is -2.35. The molecule has 0 saturated heterocycles. The molecule has 0 aliphatic heterocycles. The summed E-state index contributed by atoms with van der Waals surface area (Å²) in [5.41, 5.74) is 0.537. The first kappa shape index (κ1) is 12.5. The Bertz CT molecular complexity index is 463. The van der Waals surface area contributed by atoms with E-state index in [-0.39, 0.29) is 24.3 Å². The smallest absolute Gasteiger partial charge is 0.345 e. The number of carbonyl (C=O) groups excluding carboxylic acids is 1. The Balaban J connectivity index is 1.99. The second kappa shape index (κ2) is 5.16. The number of aryl methyl sites for hydroxylation is 1. The molecule has 1 saturated carbocycles. The zero-order chi connectivity index (χ0) is 13.1. The molecular formula is C11H16N4O3. The van der Waals surface area contributed by atoms with E-state index in [2.05, 4.69) is 10.4 Å². The van der Waals surface area contributed by atoms with Crippen LogP contribution in [0.4, 0.5) is 5.82 Å². The van der Waals surface area contributed by atoms with Gasteiger partial charge in [-0.05, 0) is 24.7 Å². The molecule has 0 bridgehead atoms. The fourth-order valence-corrected chi connectivity index (χ4v) is 2.27.